The molecule has 0 saturated carbocycles. The lowest BCUT2D eigenvalue weighted by atomic mass is 10.00. The number of aliphatic hydroxyl groups is 1. The topological polar surface area (TPSA) is 237 Å². The molecule has 0 radical (unpaired) electrons. The van der Waals surface area contributed by atoms with Gasteiger partial charge in [0.05, 0.1) is 26.4 Å². The van der Waals surface area contributed by atoms with Gasteiger partial charge in [-0.3, -0.25) is 37.3 Å². The number of phosphoric ester groups is 2. The van der Waals surface area contributed by atoms with Crippen molar-refractivity contribution in [2.75, 3.05) is 39.6 Å². The highest BCUT2D eigenvalue weighted by Crippen LogP contribution is 2.45. The second-order valence-corrected chi connectivity index (χ2v) is 34.4. The smallest absolute Gasteiger partial charge is 0.462 e. The number of rotatable bonds is 87. The third kappa shape index (κ3) is 78.7. The number of ether oxygens (including phenoxy) is 4. The Morgan fingerprint density at radius 3 is 0.670 bits per heavy atom. The first-order valence-corrected chi connectivity index (χ1v) is 48.2. The van der Waals surface area contributed by atoms with E-state index in [4.69, 9.17) is 37.0 Å². The van der Waals surface area contributed by atoms with Gasteiger partial charge in [-0.1, -0.05) is 420 Å². The Hall–Kier alpha value is -1.94. The van der Waals surface area contributed by atoms with Gasteiger partial charge in [-0.25, -0.2) is 9.13 Å². The number of hydrogen-bond donors (Lipinski definition) is 3. The van der Waals surface area contributed by atoms with Crippen molar-refractivity contribution < 1.29 is 80.2 Å². The van der Waals surface area contributed by atoms with Crippen molar-refractivity contribution >= 4 is 39.5 Å². The Morgan fingerprint density at radius 1 is 0.264 bits per heavy atom. The van der Waals surface area contributed by atoms with Crippen molar-refractivity contribution in [3.05, 3.63) is 0 Å². The summed E-state index contributed by atoms with van der Waals surface area (Å²) in [6.45, 7) is 7.31. The van der Waals surface area contributed by atoms with E-state index in [1.165, 1.54) is 289 Å². The molecule has 0 aliphatic heterocycles. The number of aliphatic hydroxyl groups excluding tert-OH is 1. The summed E-state index contributed by atoms with van der Waals surface area (Å²) in [6, 6.07) is 0. The molecule has 106 heavy (non-hydrogen) atoms. The fourth-order valence-corrected chi connectivity index (χ4v) is 15.2. The fraction of sp³-hybridized carbons (Fsp3) is 0.954. The summed E-state index contributed by atoms with van der Waals surface area (Å²) in [6.07, 6.45) is 73.9. The third-order valence-electron chi connectivity index (χ3n) is 20.9. The quantitative estimate of drug-likeness (QED) is 0.0222. The number of hydrogen-bond acceptors (Lipinski definition) is 15. The molecule has 0 amide bonds. The van der Waals surface area contributed by atoms with E-state index >= 15 is 0 Å². The molecular formula is C87H170O17P2. The van der Waals surface area contributed by atoms with Crippen LogP contribution in [0.15, 0.2) is 0 Å². The average Bonchev–Trinajstić information content (AvgIpc) is 0.901. The van der Waals surface area contributed by atoms with Gasteiger partial charge in [0.2, 0.25) is 0 Å². The highest BCUT2D eigenvalue weighted by atomic mass is 31.2. The molecule has 0 aromatic carbocycles. The first-order chi connectivity index (χ1) is 51.6. The van der Waals surface area contributed by atoms with Gasteiger partial charge in [0.25, 0.3) is 0 Å². The standard InChI is InChI=1S/C87H170O17P2/c1-6-10-13-16-19-22-25-28-30-32-34-36-38-40-42-44-46-49-51-54-60-65-70-84(89)97-76-82(103-87(92)73-68-63-56-53-50-47-45-43-41-39-37-35-33-31-29-26-23-20-17-14-11-7-2)78-101-105(93,94)99-74-81(88)75-100-106(95,96)102-79-83(77-98-85(90)71-66-61-58-57-59-64-69-80(5)9-4)104-86(91)72-67-62-55-52-48-27-24-21-18-15-12-8-3/h80-83,88H,6-79H2,1-5H3,(H,93,94)(H,95,96)/t80?,81-,82-,83-/m1/s1. The lowest BCUT2D eigenvalue weighted by molar-refractivity contribution is -0.161. The molecule has 0 aromatic heterocycles. The molecule has 19 heteroatoms. The van der Waals surface area contributed by atoms with Gasteiger partial charge in [0.1, 0.15) is 19.3 Å². The first-order valence-electron chi connectivity index (χ1n) is 45.2. The molecule has 0 bridgehead atoms. The van der Waals surface area contributed by atoms with Crippen molar-refractivity contribution in [1.82, 2.24) is 0 Å². The predicted molar refractivity (Wildman–Crippen MR) is 437 cm³/mol. The van der Waals surface area contributed by atoms with Gasteiger partial charge in [-0.05, 0) is 31.6 Å². The number of unbranched alkanes of at least 4 members (excludes halogenated alkanes) is 58. The Bertz CT molecular complexity index is 2020. The molecule has 17 nitrogen and oxygen atoms in total. The largest absolute Gasteiger partial charge is 0.472 e. The summed E-state index contributed by atoms with van der Waals surface area (Å²) < 4.78 is 68.8. The molecule has 0 aliphatic carbocycles. The molecule has 6 atom stereocenters. The normalized spacial score (nSPS) is 14.0. The van der Waals surface area contributed by atoms with E-state index in [9.17, 15) is 43.2 Å². The van der Waals surface area contributed by atoms with Gasteiger partial charge in [0, 0.05) is 25.7 Å². The van der Waals surface area contributed by atoms with Crippen LogP contribution < -0.4 is 0 Å². The highest BCUT2D eigenvalue weighted by Gasteiger charge is 2.30. The minimum absolute atomic E-state index is 0.107. The van der Waals surface area contributed by atoms with E-state index in [1.807, 2.05) is 0 Å². The van der Waals surface area contributed by atoms with Crippen LogP contribution in [-0.4, -0.2) is 96.7 Å². The number of carbonyl (C=O) groups excluding carboxylic acids is 4. The zero-order chi connectivity index (χ0) is 77.6. The van der Waals surface area contributed by atoms with Gasteiger partial charge in [0.15, 0.2) is 12.2 Å². The maximum Gasteiger partial charge on any atom is 0.472 e. The van der Waals surface area contributed by atoms with Crippen LogP contribution in [0.25, 0.3) is 0 Å². The van der Waals surface area contributed by atoms with Crippen LogP contribution in [0, 0.1) is 5.92 Å². The zero-order valence-corrected chi connectivity index (χ0v) is 71.4. The summed E-state index contributed by atoms with van der Waals surface area (Å²) >= 11 is 0. The predicted octanol–water partition coefficient (Wildman–Crippen LogP) is 26.8. The zero-order valence-electron chi connectivity index (χ0n) is 69.6. The van der Waals surface area contributed by atoms with Crippen LogP contribution >= 0.6 is 15.6 Å². The Kier molecular flexibility index (Phi) is 78.2. The average molecular weight is 1550 g/mol. The van der Waals surface area contributed by atoms with Gasteiger partial charge < -0.3 is 33.8 Å². The van der Waals surface area contributed by atoms with E-state index < -0.39 is 97.5 Å². The maximum absolute atomic E-state index is 13.2. The van der Waals surface area contributed by atoms with E-state index in [2.05, 4.69) is 34.6 Å². The number of phosphoric acid groups is 2. The summed E-state index contributed by atoms with van der Waals surface area (Å²) in [5.74, 6) is -1.37. The van der Waals surface area contributed by atoms with Crippen LogP contribution in [0.5, 0.6) is 0 Å². The highest BCUT2D eigenvalue weighted by molar-refractivity contribution is 7.47. The molecular weight excluding hydrogens is 1380 g/mol. The van der Waals surface area contributed by atoms with Crippen LogP contribution in [0.4, 0.5) is 0 Å². The summed E-state index contributed by atoms with van der Waals surface area (Å²) in [5.41, 5.74) is 0. The lowest BCUT2D eigenvalue weighted by Crippen LogP contribution is -2.30. The molecule has 0 rings (SSSR count). The molecule has 0 aliphatic rings. The van der Waals surface area contributed by atoms with Gasteiger partial charge in [-0.15, -0.1) is 0 Å². The van der Waals surface area contributed by atoms with E-state index in [1.54, 1.807) is 0 Å². The summed E-state index contributed by atoms with van der Waals surface area (Å²) in [5, 5.41) is 10.7. The second-order valence-electron chi connectivity index (χ2n) is 31.5. The molecule has 630 valence electrons. The van der Waals surface area contributed by atoms with Crippen LogP contribution in [-0.2, 0) is 65.4 Å². The summed E-state index contributed by atoms with van der Waals surface area (Å²) in [7, 11) is -9.92. The molecule has 0 fully saturated rings. The van der Waals surface area contributed by atoms with Crippen LogP contribution in [0.1, 0.15) is 471 Å². The summed E-state index contributed by atoms with van der Waals surface area (Å²) in [4.78, 5) is 73.2. The van der Waals surface area contributed by atoms with E-state index in [-0.39, 0.29) is 25.7 Å². The number of esters is 4. The molecule has 0 heterocycles. The van der Waals surface area contributed by atoms with E-state index in [0.29, 0.717) is 25.7 Å². The minimum atomic E-state index is -4.97. The van der Waals surface area contributed by atoms with Crippen molar-refractivity contribution in [2.45, 2.75) is 490 Å². The number of carbonyl (C=O) groups is 4. The Morgan fingerprint density at radius 2 is 0.453 bits per heavy atom. The van der Waals surface area contributed by atoms with Crippen molar-refractivity contribution in [3.63, 3.8) is 0 Å². The SMILES string of the molecule is CCCCCCCCCCCCCCCCCCCCCCCCC(=O)OC[C@H](COP(=O)(O)OC[C@@H](O)COP(=O)(O)OC[C@@H](COC(=O)CCCCCCCCC(C)CC)OC(=O)CCCCCCCCCCCCCC)OC(=O)CCCCCCCCCCCCCCCCCCCCCCCC. The second kappa shape index (κ2) is 79.7. The first kappa shape index (κ1) is 104. The Labute approximate surface area is 651 Å². The lowest BCUT2D eigenvalue weighted by Gasteiger charge is -2.21. The monoisotopic (exact) mass is 1550 g/mol. The minimum Gasteiger partial charge on any atom is -0.462 e. The molecule has 3 N–H and O–H groups in total. The molecule has 0 saturated heterocycles. The van der Waals surface area contributed by atoms with Crippen molar-refractivity contribution in [3.8, 4) is 0 Å². The molecule has 3 unspecified atom stereocenters. The van der Waals surface area contributed by atoms with Crippen LogP contribution in [0.3, 0.4) is 0 Å². The van der Waals surface area contributed by atoms with Gasteiger partial charge in [-0.2, -0.15) is 0 Å². The third-order valence-corrected chi connectivity index (χ3v) is 22.8. The Balaban J connectivity index is 5.18. The maximum atomic E-state index is 13.2. The van der Waals surface area contributed by atoms with Crippen molar-refractivity contribution in [1.29, 1.82) is 0 Å². The van der Waals surface area contributed by atoms with E-state index in [0.717, 1.165) is 102 Å². The van der Waals surface area contributed by atoms with Crippen molar-refractivity contribution in [2.24, 2.45) is 5.92 Å². The molecule has 0 aromatic rings. The molecule has 0 spiro atoms. The fourth-order valence-electron chi connectivity index (χ4n) is 13.6. The van der Waals surface area contributed by atoms with Crippen LogP contribution in [0.2, 0.25) is 0 Å². The van der Waals surface area contributed by atoms with Gasteiger partial charge >= 0.3 is 39.5 Å².